The monoisotopic (exact) mass is 458 g/mol. The molecule has 1 aliphatic carbocycles. The number of ether oxygens (including phenoxy) is 1. The van der Waals surface area contributed by atoms with Gasteiger partial charge in [0.25, 0.3) is 0 Å². The molecule has 6 heteroatoms. The molecule has 3 rings (SSSR count). The van der Waals surface area contributed by atoms with Crippen molar-refractivity contribution in [3.05, 3.63) is 30.3 Å². The van der Waals surface area contributed by atoms with Gasteiger partial charge in [0.1, 0.15) is 11.9 Å². The average molecular weight is 458 g/mol. The van der Waals surface area contributed by atoms with Crippen LogP contribution in [0.15, 0.2) is 35.3 Å². The maximum absolute atomic E-state index is 5.90. The van der Waals surface area contributed by atoms with Gasteiger partial charge in [-0.25, -0.2) is 0 Å². The molecule has 1 heterocycles. The quantitative estimate of drug-likeness (QED) is 0.391. The molecule has 140 valence electrons. The van der Waals surface area contributed by atoms with Gasteiger partial charge in [0, 0.05) is 31.7 Å². The summed E-state index contributed by atoms with van der Waals surface area (Å²) in [6.45, 7) is 6.26. The molecule has 2 aliphatic rings. The van der Waals surface area contributed by atoms with Crippen molar-refractivity contribution in [2.75, 3.05) is 20.1 Å². The van der Waals surface area contributed by atoms with Gasteiger partial charge in [0.15, 0.2) is 5.96 Å². The summed E-state index contributed by atoms with van der Waals surface area (Å²) in [5.41, 5.74) is 0. The van der Waals surface area contributed by atoms with Gasteiger partial charge in [0.05, 0.1) is 6.54 Å². The molecular formula is C19H31IN4O. The summed E-state index contributed by atoms with van der Waals surface area (Å²) < 4.78 is 5.90. The van der Waals surface area contributed by atoms with Crippen LogP contribution in [-0.2, 0) is 0 Å². The fourth-order valence-electron chi connectivity index (χ4n) is 3.48. The van der Waals surface area contributed by atoms with Crippen LogP contribution in [0.1, 0.15) is 33.1 Å². The van der Waals surface area contributed by atoms with Gasteiger partial charge in [-0.2, -0.15) is 0 Å². The van der Waals surface area contributed by atoms with Gasteiger partial charge >= 0.3 is 0 Å². The van der Waals surface area contributed by atoms with E-state index in [-0.39, 0.29) is 30.1 Å². The van der Waals surface area contributed by atoms with Crippen molar-refractivity contribution >= 4 is 29.9 Å². The molecule has 0 amide bonds. The number of guanidine groups is 1. The molecule has 1 saturated heterocycles. The third-order valence-corrected chi connectivity index (χ3v) is 4.84. The van der Waals surface area contributed by atoms with Crippen molar-refractivity contribution in [2.45, 2.75) is 57.3 Å². The third kappa shape index (κ3) is 6.02. The van der Waals surface area contributed by atoms with Gasteiger partial charge in [0.2, 0.25) is 0 Å². The third-order valence-electron chi connectivity index (χ3n) is 4.84. The highest BCUT2D eigenvalue weighted by Crippen LogP contribution is 2.33. The molecule has 0 spiro atoms. The first-order valence-corrected chi connectivity index (χ1v) is 9.10. The lowest BCUT2D eigenvalue weighted by Gasteiger charge is -2.21. The largest absolute Gasteiger partial charge is 0.489 e. The fraction of sp³-hybridized carbons (Fsp3) is 0.632. The number of rotatable bonds is 6. The van der Waals surface area contributed by atoms with Crippen LogP contribution < -0.4 is 15.4 Å². The maximum atomic E-state index is 5.90. The number of benzene rings is 1. The van der Waals surface area contributed by atoms with Crippen molar-refractivity contribution in [1.29, 1.82) is 0 Å². The number of hydrogen-bond acceptors (Lipinski definition) is 3. The second kappa shape index (κ2) is 9.62. The molecule has 2 fully saturated rings. The topological polar surface area (TPSA) is 48.9 Å². The second-order valence-corrected chi connectivity index (χ2v) is 7.05. The summed E-state index contributed by atoms with van der Waals surface area (Å²) >= 11 is 0. The number of aliphatic imine (C=N–C) groups is 1. The molecule has 5 nitrogen and oxygen atoms in total. The van der Waals surface area contributed by atoms with E-state index < -0.39 is 0 Å². The molecule has 3 atom stereocenters. The molecule has 0 radical (unpaired) electrons. The van der Waals surface area contributed by atoms with E-state index in [0.717, 1.165) is 30.8 Å². The van der Waals surface area contributed by atoms with Crippen molar-refractivity contribution in [1.82, 2.24) is 15.5 Å². The molecule has 1 aromatic carbocycles. The molecule has 2 N–H and O–H groups in total. The van der Waals surface area contributed by atoms with Crippen LogP contribution in [0.5, 0.6) is 5.75 Å². The van der Waals surface area contributed by atoms with Crippen molar-refractivity contribution in [3.8, 4) is 5.75 Å². The Morgan fingerprint density at radius 3 is 2.68 bits per heavy atom. The summed E-state index contributed by atoms with van der Waals surface area (Å²) in [6, 6.07) is 11.9. The van der Waals surface area contributed by atoms with Gasteiger partial charge in [-0.05, 0) is 45.2 Å². The van der Waals surface area contributed by atoms with E-state index >= 15 is 0 Å². The number of hydrogen-bond donors (Lipinski definition) is 2. The minimum absolute atomic E-state index is 0. The second-order valence-electron chi connectivity index (χ2n) is 7.05. The van der Waals surface area contributed by atoms with Crippen molar-refractivity contribution in [2.24, 2.45) is 4.99 Å². The Bertz CT molecular complexity index is 550. The Kier molecular flexibility index (Phi) is 7.81. The number of halogens is 1. The fourth-order valence-corrected chi connectivity index (χ4v) is 3.48. The molecule has 1 saturated carbocycles. The molecule has 0 bridgehead atoms. The Morgan fingerprint density at radius 1 is 1.32 bits per heavy atom. The smallest absolute Gasteiger partial charge is 0.191 e. The van der Waals surface area contributed by atoms with Crippen LogP contribution in [0, 0.1) is 0 Å². The highest BCUT2D eigenvalue weighted by Gasteiger charge is 2.38. The summed E-state index contributed by atoms with van der Waals surface area (Å²) in [5.74, 6) is 1.77. The lowest BCUT2D eigenvalue weighted by Crippen LogP contribution is -2.47. The highest BCUT2D eigenvalue weighted by atomic mass is 127. The van der Waals surface area contributed by atoms with Crippen molar-refractivity contribution in [3.63, 3.8) is 0 Å². The Labute approximate surface area is 168 Å². The van der Waals surface area contributed by atoms with Gasteiger partial charge in [-0.15, -0.1) is 24.0 Å². The van der Waals surface area contributed by atoms with Gasteiger partial charge < -0.3 is 15.4 Å². The van der Waals surface area contributed by atoms with Crippen LogP contribution in [0.2, 0.25) is 0 Å². The van der Waals surface area contributed by atoms with Crippen LogP contribution in [0.25, 0.3) is 0 Å². The van der Waals surface area contributed by atoms with E-state index in [1.807, 2.05) is 37.4 Å². The van der Waals surface area contributed by atoms with E-state index in [4.69, 9.17) is 4.74 Å². The normalized spacial score (nSPS) is 25.2. The lowest BCUT2D eigenvalue weighted by atomic mass is 10.2. The van der Waals surface area contributed by atoms with E-state index in [0.29, 0.717) is 12.1 Å². The minimum Gasteiger partial charge on any atom is -0.489 e. The number of nitrogens with one attached hydrogen (secondary N) is 2. The van der Waals surface area contributed by atoms with E-state index in [2.05, 4.69) is 34.4 Å². The summed E-state index contributed by atoms with van der Waals surface area (Å²) in [4.78, 5) is 7.01. The Hall–Kier alpha value is -1.02. The van der Waals surface area contributed by atoms with Crippen LogP contribution >= 0.6 is 24.0 Å². The standard InChI is InChI=1S/C19H30N4O.HI/c1-14-11-16(13-23(14)17-9-10-17)22-19(20-3)21-12-15(2)24-18-7-5-4-6-8-18;/h4-8,14-17H,9-13H2,1-3H3,(H2,20,21,22);1H. The minimum atomic E-state index is 0. The predicted molar refractivity (Wildman–Crippen MR) is 114 cm³/mol. The predicted octanol–water partition coefficient (Wildman–Crippen LogP) is 2.86. The van der Waals surface area contributed by atoms with Crippen LogP contribution in [0.3, 0.4) is 0 Å². The highest BCUT2D eigenvalue weighted by molar-refractivity contribution is 14.0. The molecular weight excluding hydrogens is 427 g/mol. The Morgan fingerprint density at radius 2 is 2.04 bits per heavy atom. The van der Waals surface area contributed by atoms with E-state index in [1.54, 1.807) is 0 Å². The molecule has 0 aromatic heterocycles. The zero-order valence-electron chi connectivity index (χ0n) is 15.4. The van der Waals surface area contributed by atoms with Crippen molar-refractivity contribution < 1.29 is 4.74 Å². The van der Waals surface area contributed by atoms with Crippen LogP contribution in [-0.4, -0.2) is 55.2 Å². The van der Waals surface area contributed by atoms with Gasteiger partial charge in [-0.1, -0.05) is 18.2 Å². The van der Waals surface area contributed by atoms with E-state index in [1.165, 1.54) is 19.3 Å². The van der Waals surface area contributed by atoms with Gasteiger partial charge in [-0.3, -0.25) is 9.89 Å². The first kappa shape index (κ1) is 20.3. The zero-order chi connectivity index (χ0) is 16.9. The number of nitrogens with zero attached hydrogens (tertiary/aromatic N) is 2. The zero-order valence-corrected chi connectivity index (χ0v) is 17.8. The van der Waals surface area contributed by atoms with E-state index in [9.17, 15) is 0 Å². The molecule has 3 unspecified atom stereocenters. The molecule has 1 aliphatic heterocycles. The lowest BCUT2D eigenvalue weighted by molar-refractivity contribution is 0.223. The Balaban J connectivity index is 0.00000225. The van der Waals surface area contributed by atoms with Crippen LogP contribution in [0.4, 0.5) is 0 Å². The number of para-hydroxylation sites is 1. The number of likely N-dealkylation sites (tertiary alicyclic amines) is 1. The summed E-state index contributed by atoms with van der Waals surface area (Å²) in [5, 5.41) is 6.96. The maximum Gasteiger partial charge on any atom is 0.191 e. The molecule has 25 heavy (non-hydrogen) atoms. The average Bonchev–Trinajstić information content (AvgIpc) is 3.36. The SMILES string of the molecule is CN=C(NCC(C)Oc1ccccc1)NC1CC(C)N(C2CC2)C1.I. The summed E-state index contributed by atoms with van der Waals surface area (Å²) in [7, 11) is 1.83. The first-order chi connectivity index (χ1) is 11.7. The first-order valence-electron chi connectivity index (χ1n) is 9.10. The summed E-state index contributed by atoms with van der Waals surface area (Å²) in [6.07, 6.45) is 4.01. The molecule has 1 aromatic rings.